The summed E-state index contributed by atoms with van der Waals surface area (Å²) in [5.74, 6) is -0.694. The van der Waals surface area contributed by atoms with Crippen molar-refractivity contribution in [3.63, 3.8) is 0 Å². The van der Waals surface area contributed by atoms with E-state index in [1.54, 1.807) is 6.92 Å². The van der Waals surface area contributed by atoms with E-state index in [-0.39, 0.29) is 40.5 Å². The molecule has 4 heterocycles. The van der Waals surface area contributed by atoms with Crippen molar-refractivity contribution in [2.45, 2.75) is 50.4 Å². The van der Waals surface area contributed by atoms with E-state index in [0.29, 0.717) is 23.9 Å². The van der Waals surface area contributed by atoms with E-state index in [0.717, 1.165) is 12.8 Å². The number of nitrogens with one attached hydrogen (secondary N) is 1. The third kappa shape index (κ3) is 6.61. The summed E-state index contributed by atoms with van der Waals surface area (Å²) in [5, 5.41) is 17.5. The molecule has 2 fully saturated rings. The number of alkyl halides is 3. The van der Waals surface area contributed by atoms with E-state index in [1.807, 2.05) is 0 Å². The number of nitrogens with zero attached hydrogens (tertiary/aromatic N) is 3. The van der Waals surface area contributed by atoms with Gasteiger partial charge in [0.2, 0.25) is 0 Å². The van der Waals surface area contributed by atoms with E-state index in [4.69, 9.17) is 9.47 Å². The summed E-state index contributed by atoms with van der Waals surface area (Å²) in [6.07, 6.45) is -0.335. The highest BCUT2D eigenvalue weighted by atomic mass is 32.2. The smallest absolute Gasteiger partial charge is 0.422 e. The number of aliphatic hydroxyl groups excluding tert-OH is 1. The third-order valence-electron chi connectivity index (χ3n) is 6.87. The van der Waals surface area contributed by atoms with Gasteiger partial charge >= 0.3 is 6.18 Å². The molecule has 0 spiro atoms. The Morgan fingerprint density at radius 3 is 2.64 bits per heavy atom. The van der Waals surface area contributed by atoms with Crippen LogP contribution >= 0.6 is 0 Å². The highest BCUT2D eigenvalue weighted by molar-refractivity contribution is 7.91. The zero-order valence-electron chi connectivity index (χ0n) is 20.9. The molecule has 5 rings (SSSR count). The van der Waals surface area contributed by atoms with E-state index < -0.39 is 40.2 Å². The molecule has 3 aromatic heterocycles. The van der Waals surface area contributed by atoms with Gasteiger partial charge < -0.3 is 19.9 Å². The first-order valence-corrected chi connectivity index (χ1v) is 14.2. The standard InChI is InChI=1S/C25H27F3N4O6S/c1-24(5-8-39(35,36)9-6-24)30-22(34)19-12-17-11-18(4-7-32(17)31-19)38-23-20(37-14-25(26,27)28)10-16(13-29-23)21(33)15-2-3-15/h4,7,10-13,15,21,33H,2-3,5-6,8-9,14H2,1H3,(H,30,34)/t21-/m0/s1. The molecule has 1 amide bonds. The van der Waals surface area contributed by atoms with Crippen molar-refractivity contribution in [1.82, 2.24) is 19.9 Å². The lowest BCUT2D eigenvalue weighted by molar-refractivity contribution is -0.153. The number of hydrogen-bond acceptors (Lipinski definition) is 8. The van der Waals surface area contributed by atoms with Crippen molar-refractivity contribution >= 4 is 21.3 Å². The van der Waals surface area contributed by atoms with E-state index >= 15 is 0 Å². The molecule has 2 N–H and O–H groups in total. The number of pyridine rings is 2. The summed E-state index contributed by atoms with van der Waals surface area (Å²) >= 11 is 0. The predicted molar refractivity (Wildman–Crippen MR) is 132 cm³/mol. The van der Waals surface area contributed by atoms with Gasteiger partial charge in [-0.25, -0.2) is 17.9 Å². The van der Waals surface area contributed by atoms with Crippen LogP contribution in [0.1, 0.15) is 54.8 Å². The second kappa shape index (κ2) is 9.97. The number of amides is 1. The van der Waals surface area contributed by atoms with Crippen molar-refractivity contribution in [2.24, 2.45) is 5.92 Å². The van der Waals surface area contributed by atoms with Crippen molar-refractivity contribution < 1.29 is 41.0 Å². The van der Waals surface area contributed by atoms with Crippen LogP contribution in [0.2, 0.25) is 0 Å². The Kier molecular flexibility index (Phi) is 6.95. The SMILES string of the molecule is CC1(NC(=O)c2cc3cc(Oc4ncc([C@@H](O)C5CC5)cc4OCC(F)(F)F)ccn3n2)CCS(=O)(=O)CC1. The quantitative estimate of drug-likeness (QED) is 0.421. The van der Waals surface area contributed by atoms with E-state index in [1.165, 1.54) is 41.2 Å². The average molecular weight is 569 g/mol. The minimum absolute atomic E-state index is 0.00112. The number of hydrogen-bond donors (Lipinski definition) is 2. The number of carbonyl (C=O) groups is 1. The monoisotopic (exact) mass is 568 g/mol. The minimum Gasteiger partial charge on any atom is -0.478 e. The van der Waals surface area contributed by atoms with Gasteiger partial charge in [-0.1, -0.05) is 0 Å². The fourth-order valence-corrected chi connectivity index (χ4v) is 6.07. The minimum atomic E-state index is -4.58. The predicted octanol–water partition coefficient (Wildman–Crippen LogP) is 3.60. The number of carbonyl (C=O) groups excluding carboxylic acids is 1. The number of ether oxygens (including phenoxy) is 2. The molecule has 39 heavy (non-hydrogen) atoms. The number of aliphatic hydroxyl groups is 1. The van der Waals surface area contributed by atoms with Crippen LogP contribution in [-0.2, 0) is 9.84 Å². The second-order valence-corrected chi connectivity index (χ2v) is 12.6. The first kappa shape index (κ1) is 27.2. The molecular formula is C25H27F3N4O6S. The van der Waals surface area contributed by atoms with E-state index in [2.05, 4.69) is 15.4 Å². The maximum absolute atomic E-state index is 12.9. The third-order valence-corrected chi connectivity index (χ3v) is 8.52. The Morgan fingerprint density at radius 1 is 1.26 bits per heavy atom. The van der Waals surface area contributed by atoms with Crippen LogP contribution in [0, 0.1) is 5.92 Å². The van der Waals surface area contributed by atoms with Crippen LogP contribution in [-0.4, -0.2) is 63.9 Å². The Bertz CT molecular complexity index is 1490. The number of rotatable bonds is 8. The van der Waals surface area contributed by atoms with Crippen molar-refractivity contribution in [2.75, 3.05) is 18.1 Å². The fraction of sp³-hybridized carbons (Fsp3) is 0.480. The van der Waals surface area contributed by atoms with Crippen LogP contribution in [0.3, 0.4) is 0 Å². The van der Waals surface area contributed by atoms with Gasteiger partial charge in [0, 0.05) is 29.6 Å². The summed E-state index contributed by atoms with van der Waals surface area (Å²) in [6.45, 7) is 0.237. The lowest BCUT2D eigenvalue weighted by Gasteiger charge is -2.34. The van der Waals surface area contributed by atoms with Crippen molar-refractivity contribution in [3.05, 3.63) is 47.9 Å². The molecule has 3 aromatic rings. The average Bonchev–Trinajstić information content (AvgIpc) is 3.63. The van der Waals surface area contributed by atoms with E-state index in [9.17, 15) is 31.5 Å². The van der Waals surface area contributed by atoms with Crippen molar-refractivity contribution in [1.29, 1.82) is 0 Å². The zero-order valence-corrected chi connectivity index (χ0v) is 21.8. The summed E-state index contributed by atoms with van der Waals surface area (Å²) in [4.78, 5) is 17.0. The topological polar surface area (TPSA) is 132 Å². The van der Waals surface area contributed by atoms with Gasteiger partial charge in [0.25, 0.3) is 11.8 Å². The van der Waals surface area contributed by atoms with Gasteiger partial charge in [-0.3, -0.25) is 4.79 Å². The fourth-order valence-electron chi connectivity index (χ4n) is 4.34. The number of halogens is 3. The summed E-state index contributed by atoms with van der Waals surface area (Å²) < 4.78 is 74.1. The lowest BCUT2D eigenvalue weighted by Crippen LogP contribution is -2.51. The Morgan fingerprint density at radius 2 is 1.97 bits per heavy atom. The lowest BCUT2D eigenvalue weighted by atomic mass is 9.94. The number of sulfone groups is 1. The summed E-state index contributed by atoms with van der Waals surface area (Å²) in [7, 11) is -3.09. The van der Waals surface area contributed by atoms with Crippen LogP contribution in [0.5, 0.6) is 17.4 Å². The highest BCUT2D eigenvalue weighted by Crippen LogP contribution is 2.42. The normalized spacial score (nSPS) is 19.4. The van der Waals surface area contributed by atoms with Crippen LogP contribution in [0.25, 0.3) is 5.52 Å². The van der Waals surface area contributed by atoms with Gasteiger partial charge in [0.1, 0.15) is 15.6 Å². The molecule has 10 nitrogen and oxygen atoms in total. The molecule has 0 unspecified atom stereocenters. The summed E-state index contributed by atoms with van der Waals surface area (Å²) in [5.41, 5.74) is 0.234. The first-order chi connectivity index (χ1) is 18.3. The molecular weight excluding hydrogens is 541 g/mol. The maximum Gasteiger partial charge on any atom is 0.422 e. The van der Waals surface area contributed by atoms with Gasteiger partial charge in [0.15, 0.2) is 18.1 Å². The zero-order chi connectivity index (χ0) is 28.0. The number of aromatic nitrogens is 3. The molecule has 2 aliphatic rings. The highest BCUT2D eigenvalue weighted by Gasteiger charge is 2.35. The van der Waals surface area contributed by atoms with Gasteiger partial charge in [-0.05, 0) is 56.7 Å². The Hall–Kier alpha value is -3.39. The Labute approximate surface area is 222 Å². The molecule has 1 atom stereocenters. The van der Waals surface area contributed by atoms with Gasteiger partial charge in [-0.2, -0.15) is 18.3 Å². The molecule has 0 aromatic carbocycles. The Balaban J connectivity index is 1.34. The molecule has 1 saturated carbocycles. The van der Waals surface area contributed by atoms with Crippen LogP contribution in [0.4, 0.5) is 13.2 Å². The molecule has 1 aliphatic heterocycles. The van der Waals surface area contributed by atoms with Crippen molar-refractivity contribution in [3.8, 4) is 17.4 Å². The molecule has 1 saturated heterocycles. The van der Waals surface area contributed by atoms with Gasteiger partial charge in [-0.15, -0.1) is 0 Å². The summed E-state index contributed by atoms with van der Waals surface area (Å²) in [6, 6.07) is 5.83. The second-order valence-electron chi connectivity index (χ2n) is 10.3. The largest absolute Gasteiger partial charge is 0.478 e. The first-order valence-electron chi connectivity index (χ1n) is 12.4. The maximum atomic E-state index is 12.9. The molecule has 0 radical (unpaired) electrons. The van der Waals surface area contributed by atoms with Crippen LogP contribution < -0.4 is 14.8 Å². The van der Waals surface area contributed by atoms with Crippen LogP contribution in [0.15, 0.2) is 36.7 Å². The molecule has 210 valence electrons. The molecule has 0 bridgehead atoms. The number of fused-ring (bicyclic) bond motifs is 1. The molecule has 1 aliphatic carbocycles. The molecule has 14 heteroatoms. The van der Waals surface area contributed by atoms with Gasteiger partial charge in [0.05, 0.1) is 23.1 Å².